The molecular formula is C20H18N2O3. The molecule has 0 N–H and O–H groups in total. The Morgan fingerprint density at radius 3 is 2.44 bits per heavy atom. The van der Waals surface area contributed by atoms with Gasteiger partial charge in [-0.2, -0.15) is 0 Å². The van der Waals surface area contributed by atoms with Crippen molar-refractivity contribution in [1.29, 1.82) is 0 Å². The summed E-state index contributed by atoms with van der Waals surface area (Å²) in [5.41, 5.74) is 1.83. The van der Waals surface area contributed by atoms with Crippen LogP contribution in [0.3, 0.4) is 0 Å². The van der Waals surface area contributed by atoms with Gasteiger partial charge in [0.1, 0.15) is 5.69 Å². The first kappa shape index (κ1) is 16.6. The minimum Gasteiger partial charge on any atom is -0.365 e. The number of nitrogens with zero attached hydrogens (tertiary/aromatic N) is 2. The van der Waals surface area contributed by atoms with Gasteiger partial charge in [0, 0.05) is 25.2 Å². The molecule has 0 unspecified atom stereocenters. The second-order valence-electron chi connectivity index (χ2n) is 6.05. The smallest absolute Gasteiger partial charge is 0.293 e. The van der Waals surface area contributed by atoms with Gasteiger partial charge in [-0.3, -0.25) is 14.9 Å². The highest BCUT2D eigenvalue weighted by atomic mass is 16.6. The Hall–Kier alpha value is -3.21. The molecule has 0 fully saturated rings. The van der Waals surface area contributed by atoms with Crippen molar-refractivity contribution in [1.82, 2.24) is 0 Å². The second kappa shape index (κ2) is 6.73. The summed E-state index contributed by atoms with van der Waals surface area (Å²) in [6, 6.07) is 18.8. The van der Waals surface area contributed by atoms with Crippen LogP contribution in [0.1, 0.15) is 22.8 Å². The number of nitro benzene ring substituents is 1. The Labute approximate surface area is 145 Å². The highest BCUT2D eigenvalue weighted by Gasteiger charge is 2.19. The van der Waals surface area contributed by atoms with Gasteiger partial charge in [0.2, 0.25) is 0 Å². The zero-order valence-corrected chi connectivity index (χ0v) is 14.1. The number of carbonyl (C=O) groups excluding carboxylic acids is 1. The van der Waals surface area contributed by atoms with Gasteiger partial charge in [-0.1, -0.05) is 36.4 Å². The highest BCUT2D eigenvalue weighted by molar-refractivity contribution is 5.95. The van der Waals surface area contributed by atoms with Crippen LogP contribution in [-0.4, -0.2) is 17.8 Å². The molecule has 5 nitrogen and oxygen atoms in total. The Morgan fingerprint density at radius 2 is 1.76 bits per heavy atom. The average molecular weight is 334 g/mol. The van der Waals surface area contributed by atoms with E-state index < -0.39 is 4.92 Å². The molecule has 0 saturated carbocycles. The van der Waals surface area contributed by atoms with Gasteiger partial charge in [-0.05, 0) is 41.5 Å². The third kappa shape index (κ3) is 3.50. The van der Waals surface area contributed by atoms with Crippen LogP contribution in [0, 0.1) is 10.1 Å². The predicted molar refractivity (Wildman–Crippen MR) is 99.2 cm³/mol. The molecule has 0 spiro atoms. The number of rotatable bonds is 5. The standard InChI is InChI=1S/C20H18N2O3/c1-14(23)17-9-10-19(20(12-17)22(24)25)21(2)13-15-7-8-16-5-3-4-6-18(16)11-15/h3-12H,13H2,1-2H3. The van der Waals surface area contributed by atoms with Gasteiger partial charge >= 0.3 is 0 Å². The van der Waals surface area contributed by atoms with Crippen LogP contribution in [-0.2, 0) is 6.54 Å². The molecule has 126 valence electrons. The molecule has 5 heteroatoms. The lowest BCUT2D eigenvalue weighted by Crippen LogP contribution is -2.18. The molecule has 0 saturated heterocycles. The van der Waals surface area contributed by atoms with Crippen molar-refractivity contribution in [2.45, 2.75) is 13.5 Å². The van der Waals surface area contributed by atoms with E-state index in [-0.39, 0.29) is 11.5 Å². The predicted octanol–water partition coefficient (Wildman–Crippen LogP) is 4.59. The largest absolute Gasteiger partial charge is 0.365 e. The number of benzene rings is 3. The van der Waals surface area contributed by atoms with Gasteiger partial charge < -0.3 is 4.90 Å². The lowest BCUT2D eigenvalue weighted by atomic mass is 10.1. The summed E-state index contributed by atoms with van der Waals surface area (Å²) in [6.07, 6.45) is 0. The Balaban J connectivity index is 1.92. The van der Waals surface area contributed by atoms with Crippen molar-refractivity contribution >= 4 is 27.9 Å². The molecule has 3 aromatic rings. The first-order valence-electron chi connectivity index (χ1n) is 7.94. The number of carbonyl (C=O) groups is 1. The molecule has 0 heterocycles. The van der Waals surface area contributed by atoms with E-state index in [9.17, 15) is 14.9 Å². The number of ketones is 1. The van der Waals surface area contributed by atoms with E-state index >= 15 is 0 Å². The molecule has 3 aromatic carbocycles. The van der Waals surface area contributed by atoms with Gasteiger partial charge in [0.25, 0.3) is 5.69 Å². The molecule has 0 aromatic heterocycles. The number of hydrogen-bond donors (Lipinski definition) is 0. The number of nitro groups is 1. The van der Waals surface area contributed by atoms with E-state index in [0.29, 0.717) is 17.8 Å². The number of anilines is 1. The van der Waals surface area contributed by atoms with Crippen molar-refractivity contribution < 1.29 is 9.72 Å². The molecule has 0 amide bonds. The fraction of sp³-hybridized carbons (Fsp3) is 0.150. The summed E-state index contributed by atoms with van der Waals surface area (Å²) in [4.78, 5) is 24.3. The summed E-state index contributed by atoms with van der Waals surface area (Å²) in [7, 11) is 1.81. The van der Waals surface area contributed by atoms with Crippen LogP contribution in [0.4, 0.5) is 11.4 Å². The zero-order chi connectivity index (χ0) is 18.0. The first-order chi connectivity index (χ1) is 12.0. The van der Waals surface area contributed by atoms with Crippen LogP contribution in [0.15, 0.2) is 60.7 Å². The monoisotopic (exact) mass is 334 g/mol. The minimum atomic E-state index is -0.446. The molecule has 0 atom stereocenters. The van der Waals surface area contributed by atoms with Crippen molar-refractivity contribution in [3.63, 3.8) is 0 Å². The van der Waals surface area contributed by atoms with Crippen LogP contribution >= 0.6 is 0 Å². The summed E-state index contributed by atoms with van der Waals surface area (Å²) in [5, 5.41) is 13.7. The van der Waals surface area contributed by atoms with Crippen molar-refractivity contribution in [2.75, 3.05) is 11.9 Å². The Bertz CT molecular complexity index is 966. The molecule has 0 bridgehead atoms. The fourth-order valence-corrected chi connectivity index (χ4v) is 2.91. The molecule has 0 radical (unpaired) electrons. The lowest BCUT2D eigenvalue weighted by Gasteiger charge is -2.20. The van der Waals surface area contributed by atoms with Crippen LogP contribution in [0.2, 0.25) is 0 Å². The second-order valence-corrected chi connectivity index (χ2v) is 6.05. The van der Waals surface area contributed by atoms with Crippen LogP contribution in [0.5, 0.6) is 0 Å². The summed E-state index contributed by atoms with van der Waals surface area (Å²) >= 11 is 0. The molecule has 0 aliphatic rings. The Morgan fingerprint density at radius 1 is 1.04 bits per heavy atom. The number of fused-ring (bicyclic) bond motifs is 1. The van der Waals surface area contributed by atoms with Gasteiger partial charge in [0.05, 0.1) is 4.92 Å². The van der Waals surface area contributed by atoms with E-state index in [1.54, 1.807) is 12.1 Å². The summed E-state index contributed by atoms with van der Waals surface area (Å²) < 4.78 is 0. The van der Waals surface area contributed by atoms with E-state index in [1.165, 1.54) is 13.0 Å². The maximum atomic E-state index is 11.5. The van der Waals surface area contributed by atoms with Gasteiger partial charge in [0.15, 0.2) is 5.78 Å². The topological polar surface area (TPSA) is 63.5 Å². The zero-order valence-electron chi connectivity index (χ0n) is 14.1. The lowest BCUT2D eigenvalue weighted by molar-refractivity contribution is -0.384. The number of Topliss-reactive ketones (excluding diaryl/α,β-unsaturated/α-hetero) is 1. The van der Waals surface area contributed by atoms with E-state index in [0.717, 1.165) is 16.3 Å². The number of hydrogen-bond acceptors (Lipinski definition) is 4. The quantitative estimate of drug-likeness (QED) is 0.389. The van der Waals surface area contributed by atoms with E-state index in [4.69, 9.17) is 0 Å². The third-order valence-electron chi connectivity index (χ3n) is 4.22. The first-order valence-corrected chi connectivity index (χ1v) is 7.94. The molecule has 0 aliphatic heterocycles. The van der Waals surface area contributed by atoms with Crippen LogP contribution < -0.4 is 4.90 Å². The van der Waals surface area contributed by atoms with E-state index in [2.05, 4.69) is 6.07 Å². The minimum absolute atomic E-state index is 0.0593. The maximum absolute atomic E-state index is 11.5. The van der Waals surface area contributed by atoms with Crippen LogP contribution in [0.25, 0.3) is 10.8 Å². The van der Waals surface area contributed by atoms with Gasteiger partial charge in [-0.25, -0.2) is 0 Å². The average Bonchev–Trinajstić information content (AvgIpc) is 2.60. The Kier molecular flexibility index (Phi) is 4.48. The molecule has 0 aliphatic carbocycles. The third-order valence-corrected chi connectivity index (χ3v) is 4.22. The highest BCUT2D eigenvalue weighted by Crippen LogP contribution is 2.30. The summed E-state index contributed by atoms with van der Waals surface area (Å²) in [5.74, 6) is -0.188. The van der Waals surface area contributed by atoms with Crippen molar-refractivity contribution in [3.05, 3.63) is 81.9 Å². The molecule has 3 rings (SSSR count). The van der Waals surface area contributed by atoms with Crippen molar-refractivity contribution in [3.8, 4) is 0 Å². The van der Waals surface area contributed by atoms with E-state index in [1.807, 2.05) is 48.3 Å². The molecular weight excluding hydrogens is 316 g/mol. The van der Waals surface area contributed by atoms with Gasteiger partial charge in [-0.15, -0.1) is 0 Å². The fourth-order valence-electron chi connectivity index (χ4n) is 2.91. The normalized spacial score (nSPS) is 10.6. The SMILES string of the molecule is CC(=O)c1ccc(N(C)Cc2ccc3ccccc3c2)c([N+](=O)[O-])c1. The van der Waals surface area contributed by atoms with Crippen molar-refractivity contribution in [2.24, 2.45) is 0 Å². The molecule has 25 heavy (non-hydrogen) atoms. The summed E-state index contributed by atoms with van der Waals surface area (Å²) in [6.45, 7) is 1.93. The maximum Gasteiger partial charge on any atom is 0.293 e.